The number of allylic oxidation sites excluding steroid dienone is 2. The predicted molar refractivity (Wildman–Crippen MR) is 165 cm³/mol. The number of likely N-dealkylation sites (tertiary alicyclic amines) is 1. The zero-order valence-corrected chi connectivity index (χ0v) is 24.7. The molecule has 0 radical (unpaired) electrons. The van der Waals surface area contributed by atoms with Crippen LogP contribution >= 0.6 is 0 Å². The number of benzene rings is 2. The van der Waals surface area contributed by atoms with E-state index in [2.05, 4.69) is 18.5 Å². The first-order valence-electron chi connectivity index (χ1n) is 15.1. The average molecular weight is 575 g/mol. The van der Waals surface area contributed by atoms with Crippen LogP contribution in [0.5, 0.6) is 0 Å². The molecule has 4 unspecified atom stereocenters. The number of hydrogen-bond acceptors (Lipinski definition) is 5. The molecule has 1 heterocycles. The Hall–Kier alpha value is -3.71. The standard InChI is InChI=1S/C35H46N2O5/c1-3-5-8-19-30(22-27-15-9-6-10-16-27)35(41)42-26-31(23-28-17-11-7-12-18-28)36-34(40)29(14-4-2)24-33(39)37-21-13-20-32(37)25-38/h3-4,6-7,9-12,15-18,29-32,38H,1-2,5,8,13-14,19-26H2,(H,36,40). The van der Waals surface area contributed by atoms with E-state index in [1.165, 1.54) is 0 Å². The summed E-state index contributed by atoms with van der Waals surface area (Å²) < 4.78 is 5.87. The van der Waals surface area contributed by atoms with E-state index in [9.17, 15) is 19.5 Å². The summed E-state index contributed by atoms with van der Waals surface area (Å²) in [4.78, 5) is 41.6. The third-order valence-electron chi connectivity index (χ3n) is 7.87. The lowest BCUT2D eigenvalue weighted by atomic mass is 9.94. The molecule has 1 saturated heterocycles. The molecule has 7 nitrogen and oxygen atoms in total. The van der Waals surface area contributed by atoms with E-state index in [-0.39, 0.29) is 49.4 Å². The van der Waals surface area contributed by atoms with Gasteiger partial charge >= 0.3 is 5.97 Å². The first-order chi connectivity index (χ1) is 20.4. The number of hydrogen-bond donors (Lipinski definition) is 2. The summed E-state index contributed by atoms with van der Waals surface area (Å²) in [7, 11) is 0. The summed E-state index contributed by atoms with van der Waals surface area (Å²) >= 11 is 0. The number of unbranched alkanes of at least 4 members (excludes halogenated alkanes) is 1. The fraction of sp³-hybridized carbons (Fsp3) is 0.457. The number of amides is 2. The molecule has 0 spiro atoms. The van der Waals surface area contributed by atoms with E-state index in [1.807, 2.05) is 66.7 Å². The molecule has 0 aliphatic carbocycles. The first-order valence-corrected chi connectivity index (χ1v) is 15.1. The third-order valence-corrected chi connectivity index (χ3v) is 7.87. The topological polar surface area (TPSA) is 95.9 Å². The Kier molecular flexibility index (Phi) is 14.0. The SMILES string of the molecule is C=CCCCC(Cc1ccccc1)C(=O)OCC(Cc1ccccc1)NC(=O)C(CC=C)CC(=O)N1CCCC1CO. The van der Waals surface area contributed by atoms with Crippen molar-refractivity contribution in [3.05, 3.63) is 97.1 Å². The molecule has 7 heteroatoms. The molecule has 3 rings (SSSR count). The van der Waals surface area contributed by atoms with Gasteiger partial charge in [0.2, 0.25) is 11.8 Å². The summed E-state index contributed by atoms with van der Waals surface area (Å²) in [6, 6.07) is 19.0. The van der Waals surface area contributed by atoms with Crippen LogP contribution in [0.2, 0.25) is 0 Å². The lowest BCUT2D eigenvalue weighted by Crippen LogP contribution is -2.45. The summed E-state index contributed by atoms with van der Waals surface area (Å²) in [5.41, 5.74) is 2.08. The summed E-state index contributed by atoms with van der Waals surface area (Å²) in [6.45, 7) is 8.13. The second kappa shape index (κ2) is 18.0. The lowest BCUT2D eigenvalue weighted by molar-refractivity contribution is -0.150. The second-order valence-electron chi connectivity index (χ2n) is 11.1. The van der Waals surface area contributed by atoms with Gasteiger partial charge in [-0.05, 0) is 62.5 Å². The van der Waals surface area contributed by atoms with Gasteiger partial charge in [-0.15, -0.1) is 13.2 Å². The molecule has 0 saturated carbocycles. The number of aliphatic hydroxyl groups excluding tert-OH is 1. The Morgan fingerprint density at radius 3 is 2.26 bits per heavy atom. The highest BCUT2D eigenvalue weighted by atomic mass is 16.5. The molecule has 2 amide bonds. The Labute approximate surface area is 250 Å². The molecule has 226 valence electrons. The molecular formula is C35H46N2O5. The van der Waals surface area contributed by atoms with Crippen LogP contribution in [0.1, 0.15) is 56.1 Å². The van der Waals surface area contributed by atoms with Crippen LogP contribution in [-0.2, 0) is 32.0 Å². The van der Waals surface area contributed by atoms with E-state index >= 15 is 0 Å². The third kappa shape index (κ3) is 10.6. The number of carbonyl (C=O) groups excluding carboxylic acids is 3. The van der Waals surface area contributed by atoms with Crippen molar-refractivity contribution in [1.29, 1.82) is 0 Å². The number of rotatable bonds is 18. The average Bonchev–Trinajstić information content (AvgIpc) is 3.49. The fourth-order valence-electron chi connectivity index (χ4n) is 5.55. The highest BCUT2D eigenvalue weighted by Gasteiger charge is 2.32. The van der Waals surface area contributed by atoms with Crippen LogP contribution in [-0.4, -0.2) is 59.6 Å². The molecule has 4 atom stereocenters. The Balaban J connectivity index is 1.69. The number of nitrogens with zero attached hydrogens (tertiary/aromatic N) is 1. The minimum Gasteiger partial charge on any atom is -0.463 e. The minimum atomic E-state index is -0.603. The molecule has 0 aromatic heterocycles. The van der Waals surface area contributed by atoms with Gasteiger partial charge in [0, 0.05) is 13.0 Å². The Morgan fingerprint density at radius 2 is 1.64 bits per heavy atom. The summed E-state index contributed by atoms with van der Waals surface area (Å²) in [5.74, 6) is -1.59. The van der Waals surface area contributed by atoms with Gasteiger partial charge in [0.25, 0.3) is 0 Å². The summed E-state index contributed by atoms with van der Waals surface area (Å²) in [5, 5.41) is 12.7. The second-order valence-corrected chi connectivity index (χ2v) is 11.1. The smallest absolute Gasteiger partial charge is 0.309 e. The zero-order chi connectivity index (χ0) is 30.2. The van der Waals surface area contributed by atoms with E-state index in [1.54, 1.807) is 11.0 Å². The van der Waals surface area contributed by atoms with Crippen LogP contribution < -0.4 is 5.32 Å². The molecular weight excluding hydrogens is 528 g/mol. The van der Waals surface area contributed by atoms with Crippen molar-refractivity contribution in [2.24, 2.45) is 11.8 Å². The molecule has 1 fully saturated rings. The lowest BCUT2D eigenvalue weighted by Gasteiger charge is -2.26. The van der Waals surface area contributed by atoms with Crippen LogP contribution in [0.3, 0.4) is 0 Å². The van der Waals surface area contributed by atoms with Gasteiger partial charge in [0.1, 0.15) is 6.61 Å². The van der Waals surface area contributed by atoms with E-state index < -0.39 is 12.0 Å². The highest BCUT2D eigenvalue weighted by Crippen LogP contribution is 2.22. The summed E-state index contributed by atoms with van der Waals surface area (Å²) in [6.07, 6.45) is 8.91. The normalized spacial score (nSPS) is 16.7. The van der Waals surface area contributed by atoms with Gasteiger partial charge < -0.3 is 20.1 Å². The fourth-order valence-corrected chi connectivity index (χ4v) is 5.55. The first kappa shape index (κ1) is 32.8. The van der Waals surface area contributed by atoms with Gasteiger partial charge in [-0.2, -0.15) is 0 Å². The van der Waals surface area contributed by atoms with Crippen molar-refractivity contribution < 1.29 is 24.2 Å². The minimum absolute atomic E-state index is 0.0275. The van der Waals surface area contributed by atoms with Crippen molar-refractivity contribution >= 4 is 17.8 Å². The Morgan fingerprint density at radius 1 is 0.976 bits per heavy atom. The van der Waals surface area contributed by atoms with E-state index in [0.717, 1.165) is 36.8 Å². The molecule has 42 heavy (non-hydrogen) atoms. The molecule has 2 N–H and O–H groups in total. The molecule has 1 aliphatic rings. The Bertz CT molecular complexity index is 1140. The van der Waals surface area contributed by atoms with Gasteiger partial charge in [0.05, 0.1) is 30.5 Å². The van der Waals surface area contributed by atoms with Crippen molar-refractivity contribution in [2.75, 3.05) is 19.8 Å². The van der Waals surface area contributed by atoms with Crippen molar-refractivity contribution in [3.8, 4) is 0 Å². The largest absolute Gasteiger partial charge is 0.463 e. The maximum Gasteiger partial charge on any atom is 0.309 e. The van der Waals surface area contributed by atoms with E-state index in [4.69, 9.17) is 4.74 Å². The van der Waals surface area contributed by atoms with Crippen molar-refractivity contribution in [3.63, 3.8) is 0 Å². The predicted octanol–water partition coefficient (Wildman–Crippen LogP) is 5.04. The number of esters is 1. The van der Waals surface area contributed by atoms with Crippen molar-refractivity contribution in [1.82, 2.24) is 10.2 Å². The van der Waals surface area contributed by atoms with Gasteiger partial charge in [-0.25, -0.2) is 0 Å². The van der Waals surface area contributed by atoms with Crippen molar-refractivity contribution in [2.45, 2.75) is 69.9 Å². The quantitative estimate of drug-likeness (QED) is 0.148. The molecule has 2 aromatic rings. The van der Waals surface area contributed by atoms with Crippen LogP contribution in [0.25, 0.3) is 0 Å². The number of aliphatic hydroxyl groups is 1. The van der Waals surface area contributed by atoms with Gasteiger partial charge in [0.15, 0.2) is 0 Å². The van der Waals surface area contributed by atoms with Crippen LogP contribution in [0.15, 0.2) is 86.0 Å². The van der Waals surface area contributed by atoms with Crippen LogP contribution in [0, 0.1) is 11.8 Å². The molecule has 2 aromatic carbocycles. The monoisotopic (exact) mass is 574 g/mol. The van der Waals surface area contributed by atoms with Gasteiger partial charge in [-0.1, -0.05) is 72.8 Å². The maximum absolute atomic E-state index is 13.5. The van der Waals surface area contributed by atoms with Gasteiger partial charge in [-0.3, -0.25) is 14.4 Å². The van der Waals surface area contributed by atoms with E-state index in [0.29, 0.717) is 32.2 Å². The molecule has 1 aliphatic heterocycles. The number of ether oxygens (including phenoxy) is 1. The zero-order valence-electron chi connectivity index (χ0n) is 24.7. The maximum atomic E-state index is 13.5. The highest BCUT2D eigenvalue weighted by molar-refractivity contribution is 5.86. The number of carbonyl (C=O) groups is 3. The molecule has 0 bridgehead atoms. The van der Waals surface area contributed by atoms with Crippen LogP contribution in [0.4, 0.5) is 0 Å². The number of nitrogens with one attached hydrogen (secondary N) is 1.